The van der Waals surface area contributed by atoms with Gasteiger partial charge in [0, 0.05) is 6.42 Å². The summed E-state index contributed by atoms with van der Waals surface area (Å²) in [5.41, 5.74) is 0. The molecule has 0 saturated carbocycles. The van der Waals surface area contributed by atoms with Crippen LogP contribution in [0.15, 0.2) is 36.5 Å². The second-order valence-corrected chi connectivity index (χ2v) is 20.1. The molecule has 6 nitrogen and oxygen atoms in total. The van der Waals surface area contributed by atoms with Crippen molar-refractivity contribution in [3.8, 4) is 0 Å². The molecule has 0 aliphatic carbocycles. The van der Waals surface area contributed by atoms with Gasteiger partial charge in [0.1, 0.15) is 6.10 Å². The highest BCUT2D eigenvalue weighted by Gasteiger charge is 2.24. The van der Waals surface area contributed by atoms with Crippen molar-refractivity contribution >= 4 is 11.9 Å². The lowest BCUT2D eigenvalue weighted by Crippen LogP contribution is -2.46. The van der Waals surface area contributed by atoms with Crippen LogP contribution in [0, 0.1) is 0 Å². The van der Waals surface area contributed by atoms with Gasteiger partial charge in [-0.15, -0.1) is 0 Å². The van der Waals surface area contributed by atoms with Crippen molar-refractivity contribution in [2.24, 2.45) is 0 Å². The van der Waals surface area contributed by atoms with Crippen LogP contribution < -0.4 is 5.32 Å². The number of nitrogens with one attached hydrogen (secondary N) is 1. The molecule has 3 N–H and O–H groups in total. The summed E-state index contributed by atoms with van der Waals surface area (Å²) in [6.45, 7) is 6.49. The summed E-state index contributed by atoms with van der Waals surface area (Å²) in [5, 5.41) is 23.9. The lowest BCUT2D eigenvalue weighted by Gasteiger charge is -2.24. The molecule has 3 unspecified atom stereocenters. The van der Waals surface area contributed by atoms with Crippen LogP contribution >= 0.6 is 0 Å². The number of aliphatic hydroxyl groups excluding tert-OH is 2. The summed E-state index contributed by atoms with van der Waals surface area (Å²) in [5.74, 6) is -0.479. The first kappa shape index (κ1) is 64.1. The third kappa shape index (κ3) is 48.5. The molecule has 3 atom stereocenters. The van der Waals surface area contributed by atoms with Crippen molar-refractivity contribution in [1.29, 1.82) is 0 Å². The summed E-state index contributed by atoms with van der Waals surface area (Å²) in [6, 6.07) is -0.707. The molecule has 0 spiro atoms. The van der Waals surface area contributed by atoms with Crippen LogP contribution in [0.3, 0.4) is 0 Å². The highest BCUT2D eigenvalue weighted by Crippen LogP contribution is 2.19. The highest BCUT2D eigenvalue weighted by atomic mass is 16.5. The monoisotopic (exact) mass is 928 g/mol. The van der Waals surface area contributed by atoms with Gasteiger partial charge in [-0.2, -0.15) is 0 Å². The third-order valence-electron chi connectivity index (χ3n) is 13.5. The number of unbranched alkanes of at least 4 members (excludes halogenated alkanes) is 35. The molecule has 388 valence electrons. The molecule has 0 aromatic carbocycles. The molecule has 0 fully saturated rings. The first-order chi connectivity index (χ1) is 32.5. The van der Waals surface area contributed by atoms with Gasteiger partial charge in [-0.3, -0.25) is 9.59 Å². The van der Waals surface area contributed by atoms with E-state index < -0.39 is 18.2 Å². The van der Waals surface area contributed by atoms with Crippen molar-refractivity contribution < 1.29 is 24.5 Å². The predicted octanol–water partition coefficient (Wildman–Crippen LogP) is 18.0. The fourth-order valence-corrected chi connectivity index (χ4v) is 9.03. The SMILES string of the molecule is CCCCC/C=C\C/C=C\C/C=C\CCCCCCC(CC(=O)NC(CO)C(O)CCCCCCCCCCCCCCCCCC)OC(=O)CCCCCCCCCCCCCCCC. The number of aliphatic hydroxyl groups is 2. The zero-order valence-electron chi connectivity index (χ0n) is 44.3. The summed E-state index contributed by atoms with van der Waals surface area (Å²) in [7, 11) is 0. The maximum Gasteiger partial charge on any atom is 0.306 e. The minimum atomic E-state index is -0.792. The van der Waals surface area contributed by atoms with E-state index in [0.29, 0.717) is 19.3 Å². The fraction of sp³-hybridized carbons (Fsp3) is 0.867. The average Bonchev–Trinajstić information content (AvgIpc) is 3.31. The molecule has 0 bridgehead atoms. The van der Waals surface area contributed by atoms with E-state index >= 15 is 0 Å². The zero-order valence-corrected chi connectivity index (χ0v) is 44.3. The molecule has 0 aliphatic heterocycles. The van der Waals surface area contributed by atoms with E-state index in [9.17, 15) is 19.8 Å². The van der Waals surface area contributed by atoms with Gasteiger partial charge < -0.3 is 20.3 Å². The van der Waals surface area contributed by atoms with Crippen LogP contribution in [0.1, 0.15) is 310 Å². The van der Waals surface area contributed by atoms with E-state index in [1.807, 2.05) is 0 Å². The quantitative estimate of drug-likeness (QED) is 0.0321. The van der Waals surface area contributed by atoms with Gasteiger partial charge in [0.05, 0.1) is 25.2 Å². The Bertz CT molecular complexity index is 1090. The first-order valence-corrected chi connectivity index (χ1v) is 29.2. The van der Waals surface area contributed by atoms with Crippen molar-refractivity contribution in [3.63, 3.8) is 0 Å². The van der Waals surface area contributed by atoms with Gasteiger partial charge in [-0.05, 0) is 64.2 Å². The smallest absolute Gasteiger partial charge is 0.306 e. The minimum Gasteiger partial charge on any atom is -0.462 e. The van der Waals surface area contributed by atoms with E-state index in [1.54, 1.807) is 0 Å². The van der Waals surface area contributed by atoms with Crippen LogP contribution in [-0.2, 0) is 14.3 Å². The van der Waals surface area contributed by atoms with Crippen LogP contribution in [-0.4, -0.2) is 46.9 Å². The molecule has 66 heavy (non-hydrogen) atoms. The number of amides is 1. The summed E-state index contributed by atoms with van der Waals surface area (Å²) < 4.78 is 5.96. The highest BCUT2D eigenvalue weighted by molar-refractivity contribution is 5.77. The molecule has 1 amide bonds. The molecule has 0 aromatic heterocycles. The van der Waals surface area contributed by atoms with Crippen molar-refractivity contribution in [2.45, 2.75) is 328 Å². The summed E-state index contributed by atoms with van der Waals surface area (Å²) >= 11 is 0. The largest absolute Gasteiger partial charge is 0.462 e. The number of hydrogen-bond acceptors (Lipinski definition) is 5. The van der Waals surface area contributed by atoms with Crippen LogP contribution in [0.4, 0.5) is 0 Å². The van der Waals surface area contributed by atoms with Gasteiger partial charge in [0.25, 0.3) is 0 Å². The molecule has 0 heterocycles. The standard InChI is InChI=1S/C60H113NO5/c1-4-7-10-13-16-19-22-25-28-30-31-33-36-39-42-45-48-51-56(66-60(65)53-50-47-44-41-38-35-27-24-21-18-15-12-9-6-3)54-59(64)61-57(55-62)58(63)52-49-46-43-40-37-34-32-29-26-23-20-17-14-11-8-5-2/h16,19,25,28,31,33,56-58,62-63H,4-15,17-18,20-24,26-27,29-30,32,34-55H2,1-3H3,(H,61,64)/b19-16-,28-25-,33-31-. The van der Waals surface area contributed by atoms with Crippen molar-refractivity contribution in [1.82, 2.24) is 5.32 Å². The molecular weight excluding hydrogens is 815 g/mol. The van der Waals surface area contributed by atoms with Crippen molar-refractivity contribution in [2.75, 3.05) is 6.61 Å². The molecule has 0 saturated heterocycles. The van der Waals surface area contributed by atoms with Crippen LogP contribution in [0.5, 0.6) is 0 Å². The Morgan fingerprint density at radius 1 is 0.439 bits per heavy atom. The predicted molar refractivity (Wildman–Crippen MR) is 287 cm³/mol. The maximum atomic E-state index is 13.3. The third-order valence-corrected chi connectivity index (χ3v) is 13.5. The Labute approximate surface area is 411 Å². The Morgan fingerprint density at radius 3 is 1.20 bits per heavy atom. The number of carbonyl (C=O) groups is 2. The van der Waals surface area contributed by atoms with Gasteiger partial charge in [0.15, 0.2) is 0 Å². The number of allylic oxidation sites excluding steroid dienone is 6. The van der Waals surface area contributed by atoms with Gasteiger partial charge in [0.2, 0.25) is 5.91 Å². The lowest BCUT2D eigenvalue weighted by molar-refractivity contribution is -0.151. The molecule has 0 radical (unpaired) electrons. The second kappa shape index (κ2) is 54.0. The minimum absolute atomic E-state index is 0.0671. The van der Waals surface area contributed by atoms with E-state index in [-0.39, 0.29) is 24.9 Å². The van der Waals surface area contributed by atoms with Crippen molar-refractivity contribution in [3.05, 3.63) is 36.5 Å². The van der Waals surface area contributed by atoms with Crippen LogP contribution in [0.25, 0.3) is 0 Å². The van der Waals surface area contributed by atoms with E-state index in [0.717, 1.165) is 77.0 Å². The number of hydrogen-bond donors (Lipinski definition) is 3. The normalized spacial score (nSPS) is 13.3. The fourth-order valence-electron chi connectivity index (χ4n) is 9.03. The Kier molecular flexibility index (Phi) is 52.5. The maximum absolute atomic E-state index is 13.3. The molecule has 0 aromatic rings. The number of rotatable bonds is 53. The van der Waals surface area contributed by atoms with Crippen LogP contribution in [0.2, 0.25) is 0 Å². The lowest BCUT2D eigenvalue weighted by atomic mass is 10.0. The first-order valence-electron chi connectivity index (χ1n) is 29.2. The number of carbonyl (C=O) groups excluding carboxylic acids is 2. The van der Waals surface area contributed by atoms with E-state index in [4.69, 9.17) is 4.74 Å². The summed E-state index contributed by atoms with van der Waals surface area (Å²) in [6.07, 6.45) is 64.9. The number of ether oxygens (including phenoxy) is 1. The molecular formula is C60H113NO5. The topological polar surface area (TPSA) is 95.9 Å². The molecule has 0 rings (SSSR count). The molecule has 6 heteroatoms. The second-order valence-electron chi connectivity index (χ2n) is 20.1. The average molecular weight is 929 g/mol. The Hall–Kier alpha value is -1.92. The van der Waals surface area contributed by atoms with E-state index in [2.05, 4.69) is 62.5 Å². The van der Waals surface area contributed by atoms with Gasteiger partial charge in [-0.1, -0.05) is 269 Å². The summed E-state index contributed by atoms with van der Waals surface area (Å²) in [4.78, 5) is 26.3. The van der Waals surface area contributed by atoms with Gasteiger partial charge >= 0.3 is 5.97 Å². The zero-order chi connectivity index (χ0) is 48.1. The van der Waals surface area contributed by atoms with Gasteiger partial charge in [-0.25, -0.2) is 0 Å². The number of esters is 1. The Balaban J connectivity index is 4.57. The molecule has 0 aliphatic rings. The Morgan fingerprint density at radius 2 is 0.773 bits per heavy atom. The van der Waals surface area contributed by atoms with E-state index in [1.165, 1.54) is 186 Å².